The molecule has 0 aliphatic heterocycles. The Morgan fingerprint density at radius 2 is 1.84 bits per heavy atom. The lowest BCUT2D eigenvalue weighted by molar-refractivity contribution is 0.0953. The van der Waals surface area contributed by atoms with Crippen molar-refractivity contribution < 1.29 is 9.21 Å². The Hall–Kier alpha value is -3.65. The lowest BCUT2D eigenvalue weighted by atomic mass is 10.1. The van der Waals surface area contributed by atoms with Crippen molar-refractivity contribution in [1.29, 1.82) is 0 Å². The van der Waals surface area contributed by atoms with E-state index in [1.165, 1.54) is 11.8 Å². The van der Waals surface area contributed by atoms with E-state index in [4.69, 9.17) is 4.42 Å². The molecule has 0 saturated heterocycles. The molecule has 0 aliphatic rings. The Morgan fingerprint density at radius 1 is 1.00 bits per heavy atom. The summed E-state index contributed by atoms with van der Waals surface area (Å²) in [5.74, 6) is 1.30. The second-order valence-corrected chi connectivity index (χ2v) is 7.87. The fourth-order valence-corrected chi connectivity index (χ4v) is 4.21. The number of hydrogen-bond donors (Lipinski definition) is 1. The van der Waals surface area contributed by atoms with Gasteiger partial charge in [0.1, 0.15) is 11.3 Å². The van der Waals surface area contributed by atoms with Crippen molar-refractivity contribution >= 4 is 34.4 Å². The third kappa shape index (κ3) is 4.15. The molecule has 0 atom stereocenters. The van der Waals surface area contributed by atoms with Crippen LogP contribution in [0.15, 0.2) is 82.6 Å². The van der Waals surface area contributed by atoms with Crippen molar-refractivity contribution in [3.05, 3.63) is 89.9 Å². The van der Waals surface area contributed by atoms with Crippen LogP contribution in [0.25, 0.3) is 16.7 Å². The molecule has 2 aromatic carbocycles. The predicted molar refractivity (Wildman–Crippen MR) is 119 cm³/mol. The number of aromatic nitrogens is 4. The summed E-state index contributed by atoms with van der Waals surface area (Å²) in [6.45, 7) is 0.473. The number of fused-ring (bicyclic) bond motifs is 2. The molecule has 0 bridgehead atoms. The Morgan fingerprint density at radius 3 is 2.77 bits per heavy atom. The van der Waals surface area contributed by atoms with Crippen molar-refractivity contribution in [2.24, 2.45) is 0 Å². The van der Waals surface area contributed by atoms with Gasteiger partial charge in [0.15, 0.2) is 11.2 Å². The molecule has 0 spiro atoms. The molecule has 0 saturated carbocycles. The maximum Gasteiger partial charge on any atom is 0.257 e. The van der Waals surface area contributed by atoms with Gasteiger partial charge in [-0.2, -0.15) is 0 Å². The molecular formula is C23H19N5O2S. The quantitative estimate of drug-likeness (QED) is 0.392. The molecule has 5 aromatic rings. The van der Waals surface area contributed by atoms with Gasteiger partial charge in [-0.25, -0.2) is 4.98 Å². The zero-order valence-corrected chi connectivity index (χ0v) is 17.4. The first-order chi connectivity index (χ1) is 15.3. The number of rotatable bonds is 7. The third-order valence-electron chi connectivity index (χ3n) is 4.91. The van der Waals surface area contributed by atoms with Gasteiger partial charge in [-0.3, -0.25) is 9.20 Å². The topological polar surface area (TPSA) is 85.3 Å². The van der Waals surface area contributed by atoms with E-state index in [0.29, 0.717) is 29.5 Å². The van der Waals surface area contributed by atoms with Gasteiger partial charge in [0, 0.05) is 30.5 Å². The van der Waals surface area contributed by atoms with E-state index >= 15 is 0 Å². The highest BCUT2D eigenvalue weighted by molar-refractivity contribution is 7.98. The third-order valence-corrected chi connectivity index (χ3v) is 5.78. The van der Waals surface area contributed by atoms with Crippen LogP contribution in [-0.2, 0) is 12.2 Å². The minimum atomic E-state index is -0.109. The van der Waals surface area contributed by atoms with Gasteiger partial charge in [0.25, 0.3) is 11.1 Å². The van der Waals surface area contributed by atoms with Gasteiger partial charge in [-0.15, -0.1) is 10.2 Å². The second-order valence-electron chi connectivity index (χ2n) is 6.94. The minimum absolute atomic E-state index is 0.109. The molecule has 8 heteroatoms. The second kappa shape index (κ2) is 8.61. The summed E-state index contributed by atoms with van der Waals surface area (Å²) >= 11 is 1.47. The van der Waals surface area contributed by atoms with Crippen LogP contribution in [0.2, 0.25) is 0 Å². The molecule has 0 fully saturated rings. The lowest BCUT2D eigenvalue weighted by Gasteiger charge is -2.09. The van der Waals surface area contributed by atoms with E-state index < -0.39 is 0 Å². The van der Waals surface area contributed by atoms with E-state index in [1.54, 1.807) is 0 Å². The number of carbonyl (C=O) groups excluding carboxylic acids is 1. The zero-order valence-electron chi connectivity index (χ0n) is 16.6. The van der Waals surface area contributed by atoms with Gasteiger partial charge in [-0.05, 0) is 35.9 Å². The van der Waals surface area contributed by atoms with Crippen molar-refractivity contribution in [3.8, 4) is 0 Å². The van der Waals surface area contributed by atoms with Gasteiger partial charge in [0.2, 0.25) is 0 Å². The molecule has 31 heavy (non-hydrogen) atoms. The number of oxazole rings is 1. The van der Waals surface area contributed by atoms with Crippen molar-refractivity contribution in [2.75, 3.05) is 6.54 Å². The van der Waals surface area contributed by atoms with E-state index in [1.807, 2.05) is 77.3 Å². The lowest BCUT2D eigenvalue weighted by Crippen LogP contribution is -2.27. The van der Waals surface area contributed by atoms with Crippen LogP contribution in [0.5, 0.6) is 0 Å². The Labute approximate surface area is 182 Å². The molecule has 154 valence electrons. The molecular weight excluding hydrogens is 410 g/mol. The number of thioether (sulfide) groups is 1. The largest absolute Gasteiger partial charge is 0.431 e. The molecule has 7 nitrogen and oxygen atoms in total. The summed E-state index contributed by atoms with van der Waals surface area (Å²) in [5, 5.41) is 11.9. The monoisotopic (exact) mass is 429 g/mol. The fraction of sp³-hybridized carbons (Fsp3) is 0.130. The standard InChI is InChI=1S/C23H19N5O2S/c29-22(24-13-12-21-27-26-20-11-5-6-14-28(20)21)17-8-2-1-7-16(17)15-31-23-25-18-9-3-4-10-19(18)30-23/h1-11,14H,12-13,15H2,(H,24,29). The molecule has 0 unspecified atom stereocenters. The van der Waals surface area contributed by atoms with E-state index in [-0.39, 0.29) is 5.91 Å². The minimum Gasteiger partial charge on any atom is -0.431 e. The van der Waals surface area contributed by atoms with Crippen molar-refractivity contribution in [2.45, 2.75) is 17.4 Å². The van der Waals surface area contributed by atoms with Crippen LogP contribution in [-0.4, -0.2) is 32.0 Å². The van der Waals surface area contributed by atoms with E-state index in [2.05, 4.69) is 20.5 Å². The van der Waals surface area contributed by atoms with Gasteiger partial charge >= 0.3 is 0 Å². The normalized spacial score (nSPS) is 11.2. The number of amides is 1. The Bertz CT molecular complexity index is 1330. The number of para-hydroxylation sites is 2. The molecule has 1 amide bonds. The van der Waals surface area contributed by atoms with Crippen molar-refractivity contribution in [3.63, 3.8) is 0 Å². The predicted octanol–water partition coefficient (Wildman–Crippen LogP) is 4.14. The number of benzene rings is 2. The number of carbonyl (C=O) groups is 1. The zero-order chi connectivity index (χ0) is 21.0. The number of pyridine rings is 1. The average Bonchev–Trinajstić information content (AvgIpc) is 3.42. The SMILES string of the molecule is O=C(NCCc1nnc2ccccn12)c1ccccc1CSc1nc2ccccc2o1. The smallest absolute Gasteiger partial charge is 0.257 e. The highest BCUT2D eigenvalue weighted by Crippen LogP contribution is 2.27. The molecule has 5 rings (SSSR count). The summed E-state index contributed by atoms with van der Waals surface area (Å²) in [7, 11) is 0. The van der Waals surface area contributed by atoms with Crippen LogP contribution in [0, 0.1) is 0 Å². The van der Waals surface area contributed by atoms with Crippen LogP contribution in [0.4, 0.5) is 0 Å². The van der Waals surface area contributed by atoms with E-state index in [0.717, 1.165) is 28.1 Å². The number of nitrogens with one attached hydrogen (secondary N) is 1. The Kier molecular flexibility index (Phi) is 5.37. The summed E-state index contributed by atoms with van der Waals surface area (Å²) in [6.07, 6.45) is 2.52. The van der Waals surface area contributed by atoms with Gasteiger partial charge in [-0.1, -0.05) is 48.2 Å². The summed E-state index contributed by atoms with van der Waals surface area (Å²) < 4.78 is 7.70. The average molecular weight is 430 g/mol. The first-order valence-electron chi connectivity index (χ1n) is 9.91. The molecule has 3 heterocycles. The highest BCUT2D eigenvalue weighted by Gasteiger charge is 2.13. The van der Waals surface area contributed by atoms with E-state index in [9.17, 15) is 4.79 Å². The maximum atomic E-state index is 12.8. The molecule has 1 N–H and O–H groups in total. The number of hydrogen-bond acceptors (Lipinski definition) is 6. The van der Waals surface area contributed by atoms with Crippen LogP contribution in [0.1, 0.15) is 21.7 Å². The molecule has 0 aliphatic carbocycles. The molecule has 3 aromatic heterocycles. The van der Waals surface area contributed by atoms with Crippen LogP contribution >= 0.6 is 11.8 Å². The Balaban J connectivity index is 1.23. The summed E-state index contributed by atoms with van der Waals surface area (Å²) in [6, 6.07) is 21.0. The molecule has 0 radical (unpaired) electrons. The summed E-state index contributed by atoms with van der Waals surface area (Å²) in [4.78, 5) is 17.3. The first-order valence-corrected chi connectivity index (χ1v) is 10.9. The fourth-order valence-electron chi connectivity index (χ4n) is 3.36. The highest BCUT2D eigenvalue weighted by atomic mass is 32.2. The van der Waals surface area contributed by atoms with Crippen LogP contribution in [0.3, 0.4) is 0 Å². The van der Waals surface area contributed by atoms with Gasteiger partial charge in [0.05, 0.1) is 0 Å². The maximum absolute atomic E-state index is 12.8. The van der Waals surface area contributed by atoms with Crippen LogP contribution < -0.4 is 5.32 Å². The summed E-state index contributed by atoms with van der Waals surface area (Å²) in [5.41, 5.74) is 3.97. The van der Waals surface area contributed by atoms with Crippen molar-refractivity contribution in [1.82, 2.24) is 24.9 Å². The first kappa shape index (κ1) is 19.3. The number of nitrogens with zero attached hydrogens (tertiary/aromatic N) is 4. The van der Waals surface area contributed by atoms with Gasteiger partial charge < -0.3 is 9.73 Å².